The molecule has 0 saturated carbocycles. The molecule has 6 nitrogen and oxygen atoms in total. The number of aliphatic hydroxyl groups excluding tert-OH is 2. The molecule has 0 heterocycles. The molecule has 6 heteroatoms. The van der Waals surface area contributed by atoms with Gasteiger partial charge in [-0.2, -0.15) is 0 Å². The zero-order valence-corrected chi connectivity index (χ0v) is 40.3. The van der Waals surface area contributed by atoms with Crippen LogP contribution in [0.15, 0.2) is 60.8 Å². The van der Waals surface area contributed by atoms with Crippen LogP contribution < -0.4 is 5.32 Å². The minimum absolute atomic E-state index is 0.0462. The van der Waals surface area contributed by atoms with Crippen molar-refractivity contribution in [3.8, 4) is 0 Å². The highest BCUT2D eigenvalue weighted by atomic mass is 16.5. The molecule has 3 unspecified atom stereocenters. The van der Waals surface area contributed by atoms with Gasteiger partial charge in [-0.1, -0.05) is 236 Å². The van der Waals surface area contributed by atoms with E-state index >= 15 is 0 Å². The lowest BCUT2D eigenvalue weighted by atomic mass is 10.0. The number of allylic oxidation sites excluding steroid dienone is 10. The zero-order chi connectivity index (χ0) is 44.5. The first-order chi connectivity index (χ1) is 30.0. The second-order valence-corrected chi connectivity index (χ2v) is 17.6. The molecule has 0 fully saturated rings. The average Bonchev–Trinajstić information content (AvgIpc) is 3.25. The Morgan fingerprint density at radius 2 is 0.918 bits per heavy atom. The summed E-state index contributed by atoms with van der Waals surface area (Å²) in [6.07, 6.45) is 59.9. The number of carbonyl (C=O) groups excluding carboxylic acids is 2. The zero-order valence-electron chi connectivity index (χ0n) is 40.3. The molecule has 3 atom stereocenters. The fourth-order valence-corrected chi connectivity index (χ4v) is 7.74. The minimum atomic E-state index is -0.799. The highest BCUT2D eigenvalue weighted by Crippen LogP contribution is 2.17. The van der Waals surface area contributed by atoms with E-state index in [0.29, 0.717) is 19.3 Å². The Hall–Kier alpha value is -2.44. The van der Waals surface area contributed by atoms with Crippen molar-refractivity contribution in [2.24, 2.45) is 0 Å². The molecule has 0 aliphatic carbocycles. The van der Waals surface area contributed by atoms with E-state index < -0.39 is 18.2 Å². The van der Waals surface area contributed by atoms with Crippen LogP contribution in [-0.2, 0) is 14.3 Å². The lowest BCUT2D eigenvalue weighted by molar-refractivity contribution is -0.151. The summed E-state index contributed by atoms with van der Waals surface area (Å²) in [7, 11) is 0. The second kappa shape index (κ2) is 48.6. The third-order valence-electron chi connectivity index (χ3n) is 11.7. The van der Waals surface area contributed by atoms with E-state index in [1.165, 1.54) is 122 Å². The molecule has 0 aromatic heterocycles. The predicted octanol–water partition coefficient (Wildman–Crippen LogP) is 15.6. The van der Waals surface area contributed by atoms with E-state index in [2.05, 4.69) is 68.6 Å². The van der Waals surface area contributed by atoms with Gasteiger partial charge in [-0.15, -0.1) is 0 Å². The number of aliphatic hydroxyl groups is 2. The van der Waals surface area contributed by atoms with Crippen LogP contribution >= 0.6 is 0 Å². The van der Waals surface area contributed by atoms with Gasteiger partial charge in [-0.25, -0.2) is 0 Å². The van der Waals surface area contributed by atoms with Crippen molar-refractivity contribution in [2.45, 2.75) is 270 Å². The predicted molar refractivity (Wildman–Crippen MR) is 264 cm³/mol. The lowest BCUT2D eigenvalue weighted by Gasteiger charge is -2.24. The van der Waals surface area contributed by atoms with Crippen LogP contribution in [0.4, 0.5) is 0 Å². The smallest absolute Gasteiger partial charge is 0.306 e. The van der Waals surface area contributed by atoms with E-state index in [9.17, 15) is 19.8 Å². The summed E-state index contributed by atoms with van der Waals surface area (Å²) in [6.45, 7) is 6.33. The van der Waals surface area contributed by atoms with Gasteiger partial charge in [-0.3, -0.25) is 9.59 Å². The number of nitrogens with one attached hydrogen (secondary N) is 1. The van der Waals surface area contributed by atoms with Crippen LogP contribution in [0, 0.1) is 0 Å². The van der Waals surface area contributed by atoms with Crippen molar-refractivity contribution in [1.82, 2.24) is 5.32 Å². The molecule has 0 aromatic carbocycles. The molecule has 0 radical (unpaired) electrons. The Labute approximate surface area is 378 Å². The standard InChI is InChI=1S/C55H99NO5/c1-4-7-10-13-16-19-22-25-27-29-32-35-38-41-44-47-53(58)52(50-57)56-54(59)49-51(46-43-40-37-34-31-24-21-18-15-12-9-6-3)61-55(60)48-45-42-39-36-33-30-28-26-23-20-17-14-11-8-5-2/h8,11,14,17,20,23,26,28,34,37,51-53,57-58H,4-7,9-10,12-13,15-16,18-19,21-22,24-25,27,29-33,35-36,38-50H2,1-3H3,(H,56,59)/b11-8+,17-14+,23-20+,28-26-,37-34-. The van der Waals surface area contributed by atoms with Crippen LogP contribution in [0.2, 0.25) is 0 Å². The van der Waals surface area contributed by atoms with Gasteiger partial charge in [0.15, 0.2) is 0 Å². The van der Waals surface area contributed by atoms with Crippen LogP contribution in [-0.4, -0.2) is 46.9 Å². The van der Waals surface area contributed by atoms with Gasteiger partial charge in [0, 0.05) is 6.42 Å². The van der Waals surface area contributed by atoms with Gasteiger partial charge in [0.1, 0.15) is 6.10 Å². The number of esters is 1. The molecule has 0 aliphatic rings. The largest absolute Gasteiger partial charge is 0.462 e. The monoisotopic (exact) mass is 854 g/mol. The number of rotatable bonds is 46. The van der Waals surface area contributed by atoms with Crippen molar-refractivity contribution < 1.29 is 24.5 Å². The molecular weight excluding hydrogens is 755 g/mol. The van der Waals surface area contributed by atoms with Crippen molar-refractivity contribution in [3.05, 3.63) is 60.8 Å². The van der Waals surface area contributed by atoms with E-state index in [4.69, 9.17) is 4.74 Å². The fraction of sp³-hybridized carbons (Fsp3) is 0.782. The van der Waals surface area contributed by atoms with Crippen LogP contribution in [0.25, 0.3) is 0 Å². The molecular formula is C55H99NO5. The van der Waals surface area contributed by atoms with Crippen LogP contribution in [0.3, 0.4) is 0 Å². The van der Waals surface area contributed by atoms with Crippen molar-refractivity contribution in [3.63, 3.8) is 0 Å². The summed E-state index contributed by atoms with van der Waals surface area (Å²) in [6, 6.07) is -0.716. The van der Waals surface area contributed by atoms with Gasteiger partial charge in [0.25, 0.3) is 0 Å². The Bertz CT molecular complexity index is 1090. The Morgan fingerprint density at radius 1 is 0.492 bits per heavy atom. The van der Waals surface area contributed by atoms with Crippen molar-refractivity contribution in [2.75, 3.05) is 6.61 Å². The molecule has 3 N–H and O–H groups in total. The Balaban J connectivity index is 4.60. The first kappa shape index (κ1) is 58.6. The second-order valence-electron chi connectivity index (χ2n) is 17.6. The van der Waals surface area contributed by atoms with E-state index in [-0.39, 0.29) is 24.9 Å². The molecule has 0 rings (SSSR count). The number of hydrogen-bond donors (Lipinski definition) is 3. The van der Waals surface area contributed by atoms with Gasteiger partial charge in [0.05, 0.1) is 25.2 Å². The van der Waals surface area contributed by atoms with E-state index in [1.54, 1.807) is 0 Å². The van der Waals surface area contributed by atoms with E-state index in [1.807, 2.05) is 18.2 Å². The van der Waals surface area contributed by atoms with E-state index in [0.717, 1.165) is 83.5 Å². The normalized spacial score (nSPS) is 13.7. The molecule has 0 aliphatic heterocycles. The van der Waals surface area contributed by atoms with Crippen LogP contribution in [0.1, 0.15) is 252 Å². The summed E-state index contributed by atoms with van der Waals surface area (Å²) in [5, 5.41) is 23.8. The highest BCUT2D eigenvalue weighted by molar-refractivity contribution is 5.77. The maximum absolute atomic E-state index is 13.2. The SMILES string of the molecule is CC/C=C/C=C/C=C/C=C\CCCCCCCC(=O)OC(CCC/C=C\CCCCCCCCC)CC(=O)NC(CO)C(O)CCCCCCCCCCCCCCCCC. The third-order valence-corrected chi connectivity index (χ3v) is 11.7. The van der Waals surface area contributed by atoms with Gasteiger partial charge in [-0.05, 0) is 64.2 Å². The molecule has 61 heavy (non-hydrogen) atoms. The Kier molecular flexibility index (Phi) is 46.6. The molecule has 354 valence electrons. The van der Waals surface area contributed by atoms with Gasteiger partial charge < -0.3 is 20.3 Å². The van der Waals surface area contributed by atoms with Gasteiger partial charge in [0.2, 0.25) is 5.91 Å². The highest BCUT2D eigenvalue weighted by Gasteiger charge is 2.24. The summed E-state index contributed by atoms with van der Waals surface area (Å²) < 4.78 is 5.90. The number of carbonyl (C=O) groups is 2. The summed E-state index contributed by atoms with van der Waals surface area (Å²) in [5.41, 5.74) is 0. The third kappa shape index (κ3) is 44.0. The van der Waals surface area contributed by atoms with Crippen molar-refractivity contribution in [1.29, 1.82) is 0 Å². The Morgan fingerprint density at radius 3 is 1.43 bits per heavy atom. The minimum Gasteiger partial charge on any atom is -0.462 e. The van der Waals surface area contributed by atoms with Crippen LogP contribution in [0.5, 0.6) is 0 Å². The molecule has 0 spiro atoms. The quantitative estimate of drug-likeness (QED) is 0.0245. The maximum atomic E-state index is 13.2. The molecule has 0 bridgehead atoms. The molecule has 1 amide bonds. The maximum Gasteiger partial charge on any atom is 0.306 e. The topological polar surface area (TPSA) is 95.9 Å². The summed E-state index contributed by atoms with van der Waals surface area (Å²) in [4.78, 5) is 26.1. The number of unbranched alkanes of at least 4 members (excludes halogenated alkanes) is 27. The summed E-state index contributed by atoms with van der Waals surface area (Å²) in [5.74, 6) is -0.528. The lowest BCUT2D eigenvalue weighted by Crippen LogP contribution is -2.46. The molecule has 0 saturated heterocycles. The first-order valence-corrected chi connectivity index (χ1v) is 26.1. The average molecular weight is 854 g/mol. The van der Waals surface area contributed by atoms with Crippen molar-refractivity contribution >= 4 is 11.9 Å². The van der Waals surface area contributed by atoms with Gasteiger partial charge >= 0.3 is 5.97 Å². The molecule has 0 aromatic rings. The fourth-order valence-electron chi connectivity index (χ4n) is 7.74. The number of hydrogen-bond acceptors (Lipinski definition) is 5. The number of ether oxygens (including phenoxy) is 1. The first-order valence-electron chi connectivity index (χ1n) is 26.1. The number of amides is 1. The summed E-state index contributed by atoms with van der Waals surface area (Å²) >= 11 is 0.